The molecule has 1 heterocycles. The topological polar surface area (TPSA) is 95.1 Å². The number of carboxylic acids is 1. The van der Waals surface area contributed by atoms with Gasteiger partial charge in [-0.1, -0.05) is 19.8 Å². The average Bonchev–Trinajstić information content (AvgIpc) is 3.00. The molecule has 1 aliphatic rings. The average molecular weight is 265 g/mol. The van der Waals surface area contributed by atoms with Gasteiger partial charge >= 0.3 is 5.97 Å². The standard InChI is InChI=1S/C13H19N3O3/c1-13(4-2-3-5-13)12(19)16-10(11(17)18)6-9-7-14-8-15-9/h7-8,10H,2-6H2,1H3,(H,14,15)(H,16,19)(H,17,18)/t10-/m0/s1. The van der Waals surface area contributed by atoms with Crippen molar-refractivity contribution in [3.05, 3.63) is 18.2 Å². The van der Waals surface area contributed by atoms with Gasteiger partial charge in [0.1, 0.15) is 6.04 Å². The predicted molar refractivity (Wildman–Crippen MR) is 68.4 cm³/mol. The van der Waals surface area contributed by atoms with Crippen LogP contribution in [0.2, 0.25) is 0 Å². The van der Waals surface area contributed by atoms with Crippen molar-refractivity contribution in [1.29, 1.82) is 0 Å². The molecular weight excluding hydrogens is 246 g/mol. The molecule has 6 nitrogen and oxygen atoms in total. The summed E-state index contributed by atoms with van der Waals surface area (Å²) < 4.78 is 0. The Kier molecular flexibility index (Phi) is 3.87. The van der Waals surface area contributed by atoms with Gasteiger partial charge in [-0.15, -0.1) is 0 Å². The first-order chi connectivity index (χ1) is 9.01. The van der Waals surface area contributed by atoms with Crippen molar-refractivity contribution >= 4 is 11.9 Å². The van der Waals surface area contributed by atoms with Crippen LogP contribution in [0.15, 0.2) is 12.5 Å². The Bertz CT molecular complexity index is 450. The quantitative estimate of drug-likeness (QED) is 0.743. The number of hydrogen-bond acceptors (Lipinski definition) is 3. The van der Waals surface area contributed by atoms with Gasteiger partial charge in [0, 0.05) is 23.7 Å². The number of carbonyl (C=O) groups is 2. The minimum absolute atomic E-state index is 0.156. The number of carboxylic acid groups (broad SMARTS) is 1. The fourth-order valence-electron chi connectivity index (χ4n) is 2.53. The summed E-state index contributed by atoms with van der Waals surface area (Å²) in [5.41, 5.74) is 0.283. The molecule has 19 heavy (non-hydrogen) atoms. The van der Waals surface area contributed by atoms with Gasteiger partial charge in [0.05, 0.1) is 6.33 Å². The molecule has 0 spiro atoms. The van der Waals surface area contributed by atoms with E-state index >= 15 is 0 Å². The van der Waals surface area contributed by atoms with Crippen LogP contribution >= 0.6 is 0 Å². The Balaban J connectivity index is 2.00. The van der Waals surface area contributed by atoms with Gasteiger partial charge in [0.2, 0.25) is 5.91 Å². The van der Waals surface area contributed by atoms with Crippen molar-refractivity contribution in [2.75, 3.05) is 0 Å². The molecule has 6 heteroatoms. The van der Waals surface area contributed by atoms with E-state index in [-0.39, 0.29) is 12.3 Å². The lowest BCUT2D eigenvalue weighted by Crippen LogP contribution is -2.47. The van der Waals surface area contributed by atoms with Crippen molar-refractivity contribution in [2.24, 2.45) is 5.41 Å². The summed E-state index contributed by atoms with van der Waals surface area (Å²) in [5.74, 6) is -1.18. The zero-order valence-electron chi connectivity index (χ0n) is 11.0. The second-order valence-electron chi connectivity index (χ2n) is 5.41. The maximum atomic E-state index is 12.2. The first kappa shape index (κ1) is 13.6. The SMILES string of the molecule is CC1(C(=O)N[C@@H](Cc2cnc[nH]2)C(=O)O)CCCC1. The van der Waals surface area contributed by atoms with Gasteiger partial charge in [-0.3, -0.25) is 4.79 Å². The summed E-state index contributed by atoms with van der Waals surface area (Å²) >= 11 is 0. The molecule has 1 aliphatic carbocycles. The number of H-pyrrole nitrogens is 1. The smallest absolute Gasteiger partial charge is 0.326 e. The van der Waals surface area contributed by atoms with Crippen molar-refractivity contribution in [3.8, 4) is 0 Å². The van der Waals surface area contributed by atoms with Crippen LogP contribution in [0.3, 0.4) is 0 Å². The van der Waals surface area contributed by atoms with Gasteiger partial charge in [0.25, 0.3) is 0 Å². The summed E-state index contributed by atoms with van der Waals surface area (Å²) in [6.07, 6.45) is 7.00. The molecule has 1 atom stereocenters. The number of nitrogens with zero attached hydrogens (tertiary/aromatic N) is 1. The number of aromatic amines is 1. The fraction of sp³-hybridized carbons (Fsp3) is 0.615. The number of hydrogen-bond donors (Lipinski definition) is 3. The number of aliphatic carboxylic acids is 1. The summed E-state index contributed by atoms with van der Waals surface area (Å²) in [4.78, 5) is 30.1. The molecule has 0 aliphatic heterocycles. The molecule has 0 radical (unpaired) electrons. The van der Waals surface area contributed by atoms with E-state index in [1.807, 2.05) is 6.92 Å². The monoisotopic (exact) mass is 265 g/mol. The van der Waals surface area contributed by atoms with Crippen molar-refractivity contribution < 1.29 is 14.7 Å². The third kappa shape index (κ3) is 3.13. The summed E-state index contributed by atoms with van der Waals surface area (Å²) in [6, 6.07) is -0.912. The van der Waals surface area contributed by atoms with Crippen molar-refractivity contribution in [1.82, 2.24) is 15.3 Å². The second-order valence-corrected chi connectivity index (χ2v) is 5.41. The van der Waals surface area contributed by atoms with Gasteiger partial charge < -0.3 is 15.4 Å². The highest BCUT2D eigenvalue weighted by atomic mass is 16.4. The number of carbonyl (C=O) groups excluding carboxylic acids is 1. The van der Waals surface area contributed by atoms with E-state index in [9.17, 15) is 14.7 Å². The van der Waals surface area contributed by atoms with Crippen molar-refractivity contribution in [3.63, 3.8) is 0 Å². The number of rotatable bonds is 5. The Labute approximate surface area is 111 Å². The summed E-state index contributed by atoms with van der Waals surface area (Å²) in [5, 5.41) is 11.8. The zero-order valence-corrected chi connectivity index (χ0v) is 11.0. The minimum atomic E-state index is -1.02. The molecule has 3 N–H and O–H groups in total. The molecule has 104 valence electrons. The number of aromatic nitrogens is 2. The minimum Gasteiger partial charge on any atom is -0.480 e. The molecule has 0 saturated heterocycles. The molecule has 1 saturated carbocycles. The zero-order chi connectivity index (χ0) is 13.9. The third-order valence-corrected chi connectivity index (χ3v) is 3.84. The molecule has 0 aromatic carbocycles. The normalized spacial score (nSPS) is 19.0. The first-order valence-corrected chi connectivity index (χ1v) is 6.52. The Morgan fingerprint density at radius 1 is 1.53 bits per heavy atom. The van der Waals surface area contributed by atoms with Crippen LogP contribution in [0.25, 0.3) is 0 Å². The lowest BCUT2D eigenvalue weighted by Gasteiger charge is -2.24. The summed E-state index contributed by atoms with van der Waals surface area (Å²) in [7, 11) is 0. The number of amides is 1. The highest BCUT2D eigenvalue weighted by Gasteiger charge is 2.38. The molecule has 1 aromatic heterocycles. The molecule has 0 bridgehead atoms. The Hall–Kier alpha value is -1.85. The van der Waals surface area contributed by atoms with E-state index in [2.05, 4.69) is 15.3 Å². The van der Waals surface area contributed by atoms with Crippen LogP contribution in [0.5, 0.6) is 0 Å². The van der Waals surface area contributed by atoms with Gasteiger partial charge in [0.15, 0.2) is 0 Å². The second kappa shape index (κ2) is 5.42. The largest absolute Gasteiger partial charge is 0.480 e. The maximum Gasteiger partial charge on any atom is 0.326 e. The maximum absolute atomic E-state index is 12.2. The Morgan fingerprint density at radius 2 is 2.21 bits per heavy atom. The van der Waals surface area contributed by atoms with E-state index in [1.165, 1.54) is 6.33 Å². The molecule has 2 rings (SSSR count). The van der Waals surface area contributed by atoms with Crippen molar-refractivity contribution in [2.45, 2.75) is 45.1 Å². The van der Waals surface area contributed by atoms with Crippen LogP contribution in [0, 0.1) is 5.41 Å². The van der Waals surface area contributed by atoms with Gasteiger partial charge in [-0.05, 0) is 12.8 Å². The van der Waals surface area contributed by atoms with Crippen LogP contribution < -0.4 is 5.32 Å². The molecule has 1 amide bonds. The van der Waals surface area contributed by atoms with E-state index in [0.717, 1.165) is 25.7 Å². The van der Waals surface area contributed by atoms with E-state index < -0.39 is 17.4 Å². The lowest BCUT2D eigenvalue weighted by molar-refractivity contribution is -0.143. The molecule has 1 aromatic rings. The number of imidazole rings is 1. The first-order valence-electron chi connectivity index (χ1n) is 6.52. The van der Waals surface area contributed by atoms with Crippen LogP contribution in [0.4, 0.5) is 0 Å². The molecule has 0 unspecified atom stereocenters. The van der Waals surface area contributed by atoms with E-state index in [1.54, 1.807) is 6.20 Å². The van der Waals surface area contributed by atoms with E-state index in [4.69, 9.17) is 0 Å². The van der Waals surface area contributed by atoms with Crippen LogP contribution in [0.1, 0.15) is 38.3 Å². The highest BCUT2D eigenvalue weighted by Crippen LogP contribution is 2.37. The highest BCUT2D eigenvalue weighted by molar-refractivity contribution is 5.87. The lowest BCUT2D eigenvalue weighted by atomic mass is 9.87. The third-order valence-electron chi connectivity index (χ3n) is 3.84. The van der Waals surface area contributed by atoms with E-state index in [0.29, 0.717) is 5.69 Å². The number of nitrogens with one attached hydrogen (secondary N) is 2. The van der Waals surface area contributed by atoms with Crippen LogP contribution in [-0.2, 0) is 16.0 Å². The molecular formula is C13H19N3O3. The molecule has 1 fully saturated rings. The van der Waals surface area contributed by atoms with Gasteiger partial charge in [-0.2, -0.15) is 0 Å². The Morgan fingerprint density at radius 3 is 2.74 bits per heavy atom. The predicted octanol–water partition coefficient (Wildman–Crippen LogP) is 1.10. The summed E-state index contributed by atoms with van der Waals surface area (Å²) in [6.45, 7) is 1.91. The fourth-order valence-corrected chi connectivity index (χ4v) is 2.53. The van der Waals surface area contributed by atoms with Crippen LogP contribution in [-0.4, -0.2) is 33.0 Å². The van der Waals surface area contributed by atoms with Gasteiger partial charge in [-0.25, -0.2) is 9.78 Å².